The van der Waals surface area contributed by atoms with Gasteiger partial charge in [-0.25, -0.2) is 10.0 Å². The van der Waals surface area contributed by atoms with Crippen LogP contribution in [-0.2, 0) is 0 Å². The number of hydrogen-bond acceptors (Lipinski definition) is 3. The van der Waals surface area contributed by atoms with Crippen molar-refractivity contribution in [2.45, 2.75) is 45.4 Å². The first-order chi connectivity index (χ1) is 8.24. The van der Waals surface area contributed by atoms with E-state index in [2.05, 4.69) is 6.92 Å². The van der Waals surface area contributed by atoms with Crippen molar-refractivity contribution in [1.29, 1.82) is 0 Å². The predicted octanol–water partition coefficient (Wildman–Crippen LogP) is 2.05. The summed E-state index contributed by atoms with van der Waals surface area (Å²) in [4.78, 5) is 0. The maximum absolute atomic E-state index is 9.12. The highest BCUT2D eigenvalue weighted by atomic mass is 32.3. The lowest BCUT2D eigenvalue weighted by atomic mass is 10.1. The van der Waals surface area contributed by atoms with Crippen LogP contribution in [0.4, 0.5) is 0 Å². The monoisotopic (exact) mass is 265 g/mol. The molecule has 0 aromatic carbocycles. The van der Waals surface area contributed by atoms with E-state index in [1.807, 2.05) is 0 Å². The first-order valence-corrected chi connectivity index (χ1v) is 9.21. The molecule has 0 aromatic heterocycles. The molecule has 3 nitrogen and oxygen atoms in total. The van der Waals surface area contributed by atoms with Gasteiger partial charge >= 0.3 is 0 Å². The van der Waals surface area contributed by atoms with Crippen molar-refractivity contribution < 1.29 is 10.2 Å². The Kier molecular flexibility index (Phi) is 11.5. The number of rotatable bonds is 12. The van der Waals surface area contributed by atoms with Crippen molar-refractivity contribution >= 4 is 10.0 Å². The summed E-state index contributed by atoms with van der Waals surface area (Å²) in [5.41, 5.74) is 5.86. The lowest BCUT2D eigenvalue weighted by Crippen LogP contribution is -2.25. The molecule has 0 spiro atoms. The van der Waals surface area contributed by atoms with Gasteiger partial charge in [-0.2, -0.15) is 0 Å². The molecule has 106 valence electrons. The molecule has 0 aliphatic carbocycles. The Labute approximate surface area is 108 Å². The van der Waals surface area contributed by atoms with Crippen LogP contribution < -0.4 is 5.73 Å². The third-order valence-corrected chi connectivity index (χ3v) is 7.29. The molecule has 0 aromatic rings. The standard InChI is InChI=1S/C13H31NO2S/c1-2-3-4-5-6-7-10-17(13-14,11-8-15)12-9-16/h15-16H,2-14H2,1H3. The lowest BCUT2D eigenvalue weighted by molar-refractivity contribution is 0.316. The molecule has 4 N–H and O–H groups in total. The zero-order valence-corrected chi connectivity index (χ0v) is 12.2. The van der Waals surface area contributed by atoms with E-state index in [1.54, 1.807) is 0 Å². The molecular weight excluding hydrogens is 234 g/mol. The zero-order valence-electron chi connectivity index (χ0n) is 11.4. The summed E-state index contributed by atoms with van der Waals surface area (Å²) in [5.74, 6) is 3.39. The van der Waals surface area contributed by atoms with Crippen LogP contribution in [0.1, 0.15) is 45.4 Å². The molecule has 0 unspecified atom stereocenters. The molecule has 0 amide bonds. The zero-order chi connectivity index (χ0) is 13.0. The van der Waals surface area contributed by atoms with Crippen LogP contribution >= 0.6 is 10.0 Å². The number of aliphatic hydroxyl groups excluding tert-OH is 2. The minimum Gasteiger partial charge on any atom is -0.396 e. The quantitative estimate of drug-likeness (QED) is 0.473. The average Bonchev–Trinajstić information content (AvgIpc) is 2.34. The molecule has 0 aliphatic rings. The van der Waals surface area contributed by atoms with E-state index in [9.17, 15) is 0 Å². The third-order valence-electron chi connectivity index (χ3n) is 3.33. The fourth-order valence-corrected chi connectivity index (χ4v) is 4.84. The fourth-order valence-electron chi connectivity index (χ4n) is 2.13. The minimum atomic E-state index is -0.950. The van der Waals surface area contributed by atoms with Crippen LogP contribution in [0.15, 0.2) is 0 Å². The molecule has 0 saturated heterocycles. The van der Waals surface area contributed by atoms with Crippen molar-refractivity contribution in [3.63, 3.8) is 0 Å². The van der Waals surface area contributed by atoms with Crippen LogP contribution in [0.3, 0.4) is 0 Å². The van der Waals surface area contributed by atoms with Gasteiger partial charge in [0.25, 0.3) is 0 Å². The highest BCUT2D eigenvalue weighted by molar-refractivity contribution is 8.33. The van der Waals surface area contributed by atoms with Crippen LogP contribution in [0.25, 0.3) is 0 Å². The first kappa shape index (κ1) is 17.2. The second kappa shape index (κ2) is 11.3. The van der Waals surface area contributed by atoms with Crippen molar-refractivity contribution in [3.05, 3.63) is 0 Å². The van der Waals surface area contributed by atoms with Gasteiger partial charge < -0.3 is 15.9 Å². The summed E-state index contributed by atoms with van der Waals surface area (Å²) in [6.45, 7) is 2.65. The molecule has 17 heavy (non-hydrogen) atoms. The van der Waals surface area contributed by atoms with Crippen molar-refractivity contribution in [1.82, 2.24) is 0 Å². The molecule has 0 radical (unpaired) electrons. The van der Waals surface area contributed by atoms with E-state index in [0.29, 0.717) is 5.88 Å². The van der Waals surface area contributed by atoms with Gasteiger partial charge in [0, 0.05) is 17.4 Å². The van der Waals surface area contributed by atoms with Gasteiger partial charge in [-0.15, -0.1) is 0 Å². The van der Waals surface area contributed by atoms with Gasteiger partial charge in [-0.05, 0) is 12.2 Å². The van der Waals surface area contributed by atoms with Gasteiger partial charge in [0.1, 0.15) is 0 Å². The van der Waals surface area contributed by atoms with Crippen molar-refractivity contribution in [2.24, 2.45) is 5.73 Å². The fraction of sp³-hybridized carbons (Fsp3) is 1.00. The van der Waals surface area contributed by atoms with Gasteiger partial charge in [-0.3, -0.25) is 0 Å². The summed E-state index contributed by atoms with van der Waals surface area (Å²) in [7, 11) is -0.950. The summed E-state index contributed by atoms with van der Waals surface area (Å²) in [6.07, 6.45) is 7.74. The van der Waals surface area contributed by atoms with Crippen LogP contribution in [-0.4, -0.2) is 46.6 Å². The molecule has 0 bridgehead atoms. The van der Waals surface area contributed by atoms with E-state index in [4.69, 9.17) is 15.9 Å². The summed E-state index contributed by atoms with van der Waals surface area (Å²) in [5, 5.41) is 18.2. The van der Waals surface area contributed by atoms with Gasteiger partial charge in [0.05, 0.1) is 13.2 Å². The lowest BCUT2D eigenvalue weighted by Gasteiger charge is -2.38. The number of nitrogens with two attached hydrogens (primary N) is 1. The Hall–Kier alpha value is 0.230. The average molecular weight is 265 g/mol. The maximum Gasteiger partial charge on any atom is 0.0507 e. The number of unbranched alkanes of at least 4 members (excludes halogenated alkanes) is 5. The van der Waals surface area contributed by atoms with E-state index >= 15 is 0 Å². The highest BCUT2D eigenvalue weighted by Crippen LogP contribution is 2.46. The molecule has 0 aliphatic heterocycles. The van der Waals surface area contributed by atoms with Crippen molar-refractivity contribution in [2.75, 3.05) is 36.3 Å². The molecular formula is C13H31NO2S. The van der Waals surface area contributed by atoms with Crippen LogP contribution in [0.5, 0.6) is 0 Å². The normalized spacial score (nSPS) is 12.9. The Morgan fingerprint density at radius 1 is 0.824 bits per heavy atom. The summed E-state index contributed by atoms with van der Waals surface area (Å²) in [6, 6.07) is 0. The smallest absolute Gasteiger partial charge is 0.0507 e. The van der Waals surface area contributed by atoms with Crippen LogP contribution in [0, 0.1) is 0 Å². The molecule has 4 heteroatoms. The molecule has 0 heterocycles. The Morgan fingerprint density at radius 2 is 1.35 bits per heavy atom. The van der Waals surface area contributed by atoms with Gasteiger partial charge in [0.2, 0.25) is 0 Å². The third kappa shape index (κ3) is 8.03. The summed E-state index contributed by atoms with van der Waals surface area (Å²) >= 11 is 0. The number of aliphatic hydroxyl groups is 2. The SMILES string of the molecule is CCCCCCCCS(CN)(CCO)CCO. The maximum atomic E-state index is 9.12. The molecule has 0 rings (SSSR count). The predicted molar refractivity (Wildman–Crippen MR) is 78.8 cm³/mol. The second-order valence-electron chi connectivity index (χ2n) is 4.72. The first-order valence-electron chi connectivity index (χ1n) is 6.90. The topological polar surface area (TPSA) is 66.5 Å². The van der Waals surface area contributed by atoms with E-state index in [-0.39, 0.29) is 13.2 Å². The molecule has 0 saturated carbocycles. The van der Waals surface area contributed by atoms with E-state index in [0.717, 1.165) is 17.3 Å². The molecule has 0 fully saturated rings. The van der Waals surface area contributed by atoms with Gasteiger partial charge in [0.15, 0.2) is 0 Å². The highest BCUT2D eigenvalue weighted by Gasteiger charge is 2.20. The van der Waals surface area contributed by atoms with Crippen molar-refractivity contribution in [3.8, 4) is 0 Å². The molecule has 0 atom stereocenters. The van der Waals surface area contributed by atoms with Gasteiger partial charge in [-0.1, -0.05) is 39.0 Å². The van der Waals surface area contributed by atoms with Crippen LogP contribution in [0.2, 0.25) is 0 Å². The second-order valence-corrected chi connectivity index (χ2v) is 8.73. The Balaban J connectivity index is 3.82. The Morgan fingerprint density at radius 3 is 1.82 bits per heavy atom. The largest absolute Gasteiger partial charge is 0.396 e. The summed E-state index contributed by atoms with van der Waals surface area (Å²) < 4.78 is 0. The Bertz CT molecular complexity index is 161. The minimum absolute atomic E-state index is 0.211. The number of hydrogen-bond donors (Lipinski definition) is 3. The van der Waals surface area contributed by atoms with E-state index in [1.165, 1.54) is 38.5 Å². The van der Waals surface area contributed by atoms with E-state index < -0.39 is 10.0 Å².